The minimum absolute atomic E-state index is 0.0441. The Morgan fingerprint density at radius 3 is 2.92 bits per heavy atom. The van der Waals surface area contributed by atoms with Gasteiger partial charge < -0.3 is 19.5 Å². The lowest BCUT2D eigenvalue weighted by molar-refractivity contribution is -0.138. The van der Waals surface area contributed by atoms with E-state index in [4.69, 9.17) is 4.74 Å². The molecule has 1 N–H and O–H groups in total. The zero-order valence-electron chi connectivity index (χ0n) is 14.3. The molecule has 3 heterocycles. The molecule has 2 aromatic heterocycles. The van der Waals surface area contributed by atoms with Gasteiger partial charge in [0.05, 0.1) is 18.3 Å². The van der Waals surface area contributed by atoms with Gasteiger partial charge in [-0.25, -0.2) is 4.98 Å². The van der Waals surface area contributed by atoms with Gasteiger partial charge in [0, 0.05) is 32.6 Å². The number of nitrogens with one attached hydrogen (secondary N) is 1. The van der Waals surface area contributed by atoms with E-state index in [2.05, 4.69) is 15.3 Å². The van der Waals surface area contributed by atoms with E-state index in [0.717, 1.165) is 5.69 Å². The highest BCUT2D eigenvalue weighted by molar-refractivity contribution is 5.92. The van der Waals surface area contributed by atoms with Crippen molar-refractivity contribution in [1.29, 1.82) is 0 Å². The van der Waals surface area contributed by atoms with Crippen molar-refractivity contribution in [3.8, 4) is 0 Å². The topological polar surface area (TPSA) is 89.4 Å². The van der Waals surface area contributed by atoms with Crippen molar-refractivity contribution >= 4 is 11.8 Å². The Kier molecular flexibility index (Phi) is 5.08. The summed E-state index contributed by atoms with van der Waals surface area (Å²) in [6.45, 7) is 3.47. The summed E-state index contributed by atoms with van der Waals surface area (Å²) in [7, 11) is 1.50. The first-order chi connectivity index (χ1) is 12.1. The highest BCUT2D eigenvalue weighted by atomic mass is 16.5. The molecule has 1 atom stereocenters. The Morgan fingerprint density at radius 2 is 2.20 bits per heavy atom. The Labute approximate surface area is 145 Å². The molecule has 0 spiro atoms. The minimum Gasteiger partial charge on any atom is -0.375 e. The Balaban J connectivity index is 1.69. The van der Waals surface area contributed by atoms with Crippen molar-refractivity contribution in [2.45, 2.75) is 26.1 Å². The number of imidazole rings is 1. The zero-order valence-corrected chi connectivity index (χ0v) is 14.3. The smallest absolute Gasteiger partial charge is 0.271 e. The molecule has 0 aromatic carbocycles. The Hall–Kier alpha value is -2.74. The third-order valence-electron chi connectivity index (χ3n) is 4.21. The predicted octanol–water partition coefficient (Wildman–Crippen LogP) is 0.758. The number of carbonyl (C=O) groups is 2. The highest BCUT2D eigenvalue weighted by Crippen LogP contribution is 2.24. The Bertz CT molecular complexity index is 759. The third-order valence-corrected chi connectivity index (χ3v) is 4.21. The highest BCUT2D eigenvalue weighted by Gasteiger charge is 2.30. The molecule has 1 aliphatic rings. The number of hydrogen-bond acceptors (Lipinski definition) is 5. The van der Waals surface area contributed by atoms with Gasteiger partial charge in [0.1, 0.15) is 18.1 Å². The van der Waals surface area contributed by atoms with Crippen molar-refractivity contribution < 1.29 is 14.3 Å². The van der Waals surface area contributed by atoms with Crippen LogP contribution < -0.4 is 5.32 Å². The molecule has 132 valence electrons. The van der Waals surface area contributed by atoms with Crippen LogP contribution in [-0.4, -0.2) is 51.5 Å². The SMILES string of the molecule is COCC(=O)N1CCn2cc(C(=O)NCc3ccccn3)nc2[C@H]1C. The molecule has 0 saturated heterocycles. The molecule has 0 saturated carbocycles. The van der Waals surface area contributed by atoms with Gasteiger partial charge in [0.25, 0.3) is 5.91 Å². The van der Waals surface area contributed by atoms with Gasteiger partial charge in [-0.15, -0.1) is 0 Å². The van der Waals surface area contributed by atoms with Gasteiger partial charge in [0.15, 0.2) is 0 Å². The van der Waals surface area contributed by atoms with Crippen LogP contribution in [-0.2, 0) is 22.6 Å². The lowest BCUT2D eigenvalue weighted by Gasteiger charge is -2.33. The second-order valence-corrected chi connectivity index (χ2v) is 5.88. The van der Waals surface area contributed by atoms with Gasteiger partial charge in [-0.3, -0.25) is 14.6 Å². The number of carbonyl (C=O) groups excluding carboxylic acids is 2. The van der Waals surface area contributed by atoms with Gasteiger partial charge >= 0.3 is 0 Å². The molecule has 0 aliphatic carbocycles. The maximum atomic E-state index is 12.3. The molecule has 0 bridgehead atoms. The van der Waals surface area contributed by atoms with Gasteiger partial charge in [-0.2, -0.15) is 0 Å². The Morgan fingerprint density at radius 1 is 1.36 bits per heavy atom. The fourth-order valence-corrected chi connectivity index (χ4v) is 2.91. The van der Waals surface area contributed by atoms with E-state index in [1.54, 1.807) is 17.3 Å². The van der Waals surface area contributed by atoms with Crippen molar-refractivity contribution in [2.24, 2.45) is 0 Å². The average molecular weight is 343 g/mol. The molecule has 3 rings (SSSR count). The maximum absolute atomic E-state index is 12.3. The normalized spacial score (nSPS) is 16.4. The number of hydrogen-bond donors (Lipinski definition) is 1. The number of methoxy groups -OCH3 is 1. The summed E-state index contributed by atoms with van der Waals surface area (Å²) in [5.41, 5.74) is 1.13. The van der Waals surface area contributed by atoms with Crippen LogP contribution in [0.15, 0.2) is 30.6 Å². The number of pyridine rings is 1. The molecule has 2 aromatic rings. The number of rotatable bonds is 5. The summed E-state index contributed by atoms with van der Waals surface area (Å²) in [6, 6.07) is 5.35. The summed E-state index contributed by atoms with van der Waals surface area (Å²) < 4.78 is 6.85. The molecular formula is C17H21N5O3. The molecule has 0 fully saturated rings. The summed E-state index contributed by atoms with van der Waals surface area (Å²) in [5.74, 6) is 0.374. The summed E-state index contributed by atoms with van der Waals surface area (Å²) >= 11 is 0. The second-order valence-electron chi connectivity index (χ2n) is 5.88. The first-order valence-electron chi connectivity index (χ1n) is 8.13. The third kappa shape index (κ3) is 3.69. The molecule has 25 heavy (non-hydrogen) atoms. The van der Waals surface area contributed by atoms with Gasteiger partial charge in [0.2, 0.25) is 5.91 Å². The summed E-state index contributed by atoms with van der Waals surface area (Å²) in [6.07, 6.45) is 3.42. The summed E-state index contributed by atoms with van der Waals surface area (Å²) in [4.78, 5) is 34.8. The monoisotopic (exact) mass is 343 g/mol. The number of aromatic nitrogens is 3. The molecule has 8 nitrogen and oxygen atoms in total. The average Bonchev–Trinajstić information content (AvgIpc) is 3.06. The summed E-state index contributed by atoms with van der Waals surface area (Å²) in [5, 5.41) is 2.82. The van der Waals surface area contributed by atoms with Gasteiger partial charge in [-0.1, -0.05) is 6.07 Å². The molecular weight excluding hydrogens is 322 g/mol. The van der Waals surface area contributed by atoms with Gasteiger partial charge in [-0.05, 0) is 19.1 Å². The van der Waals surface area contributed by atoms with Crippen molar-refractivity contribution in [2.75, 3.05) is 20.3 Å². The molecule has 0 radical (unpaired) electrons. The van der Waals surface area contributed by atoms with E-state index < -0.39 is 0 Å². The van der Waals surface area contributed by atoms with E-state index in [9.17, 15) is 9.59 Å². The fraction of sp³-hybridized carbons (Fsp3) is 0.412. The standard InChI is InChI=1S/C17H21N5O3/c1-12-16-20-14(17(24)19-9-13-5-3-4-6-18-13)10-21(16)7-8-22(12)15(23)11-25-2/h3-6,10,12H,7-9,11H2,1-2H3,(H,19,24)/t12-/m1/s1. The number of ether oxygens (including phenoxy) is 1. The van der Waals surface area contributed by atoms with Crippen LogP contribution in [0.2, 0.25) is 0 Å². The number of fused-ring (bicyclic) bond motifs is 1. The number of amides is 2. The molecule has 0 unspecified atom stereocenters. The van der Waals surface area contributed by atoms with E-state index in [0.29, 0.717) is 31.2 Å². The molecule has 2 amide bonds. The lowest BCUT2D eigenvalue weighted by atomic mass is 10.2. The predicted molar refractivity (Wildman–Crippen MR) is 89.6 cm³/mol. The van der Waals surface area contributed by atoms with Crippen LogP contribution in [0, 0.1) is 0 Å². The van der Waals surface area contributed by atoms with Crippen molar-refractivity contribution in [1.82, 2.24) is 24.8 Å². The van der Waals surface area contributed by atoms with Crippen molar-refractivity contribution in [3.63, 3.8) is 0 Å². The van der Waals surface area contributed by atoms with E-state index >= 15 is 0 Å². The number of nitrogens with zero attached hydrogens (tertiary/aromatic N) is 4. The molecule has 8 heteroatoms. The van der Waals surface area contributed by atoms with E-state index in [-0.39, 0.29) is 24.5 Å². The van der Waals surface area contributed by atoms with E-state index in [1.165, 1.54) is 7.11 Å². The minimum atomic E-state index is -0.255. The van der Waals surface area contributed by atoms with Crippen LogP contribution >= 0.6 is 0 Å². The van der Waals surface area contributed by atoms with Crippen molar-refractivity contribution in [3.05, 3.63) is 47.8 Å². The fourth-order valence-electron chi connectivity index (χ4n) is 2.91. The van der Waals surface area contributed by atoms with Crippen LogP contribution in [0.3, 0.4) is 0 Å². The van der Waals surface area contributed by atoms with Crippen LogP contribution in [0.5, 0.6) is 0 Å². The van der Waals surface area contributed by atoms with E-state index in [1.807, 2.05) is 29.7 Å². The zero-order chi connectivity index (χ0) is 17.8. The lowest BCUT2D eigenvalue weighted by Crippen LogP contribution is -2.42. The van der Waals surface area contributed by atoms with Crippen LogP contribution in [0.4, 0.5) is 0 Å². The largest absolute Gasteiger partial charge is 0.375 e. The molecule has 1 aliphatic heterocycles. The first-order valence-corrected chi connectivity index (χ1v) is 8.13. The van der Waals surface area contributed by atoms with Crippen LogP contribution in [0.1, 0.15) is 35.0 Å². The maximum Gasteiger partial charge on any atom is 0.271 e. The second kappa shape index (κ2) is 7.43. The quantitative estimate of drug-likeness (QED) is 0.866. The first kappa shape index (κ1) is 17.1. The van der Waals surface area contributed by atoms with Crippen LogP contribution in [0.25, 0.3) is 0 Å².